The van der Waals surface area contributed by atoms with E-state index in [2.05, 4.69) is 31.9 Å². The molecule has 22 heavy (non-hydrogen) atoms. The minimum absolute atomic E-state index is 0.410. The number of nitrogens with one attached hydrogen (secondary N) is 1. The zero-order valence-electron chi connectivity index (χ0n) is 12.9. The summed E-state index contributed by atoms with van der Waals surface area (Å²) in [6, 6.07) is 0. The van der Waals surface area contributed by atoms with Crippen LogP contribution >= 0.6 is 11.6 Å². The maximum atomic E-state index is 6.25. The minimum Gasteiger partial charge on any atom is -0.344 e. The van der Waals surface area contributed by atoms with Crippen molar-refractivity contribution in [3.05, 3.63) is 28.9 Å². The molecule has 2 aromatic rings. The van der Waals surface area contributed by atoms with Gasteiger partial charge in [0.05, 0.1) is 5.69 Å². The maximum Gasteiger partial charge on any atom is 0.213 e. The number of aromatic nitrogens is 4. The molecule has 1 saturated heterocycles. The number of hydrogen-bond donors (Lipinski definition) is 1. The van der Waals surface area contributed by atoms with Crippen LogP contribution in [-0.4, -0.2) is 38.1 Å². The Morgan fingerprint density at radius 3 is 2.91 bits per heavy atom. The molecule has 3 rings (SSSR count). The van der Waals surface area contributed by atoms with Gasteiger partial charge in [0.15, 0.2) is 11.0 Å². The zero-order valence-corrected chi connectivity index (χ0v) is 13.6. The normalized spacial score (nSPS) is 17.2. The molecule has 0 bridgehead atoms. The van der Waals surface area contributed by atoms with Crippen LogP contribution in [0.1, 0.15) is 55.9 Å². The van der Waals surface area contributed by atoms with Gasteiger partial charge in [0.1, 0.15) is 5.82 Å². The SMILES string of the molecule is CCCCc1nc(Cl)c(CN2CCC(c3ncon3)CC2)[nH]1. The minimum atomic E-state index is 0.410. The maximum absolute atomic E-state index is 6.25. The number of H-pyrrole nitrogens is 1. The topological polar surface area (TPSA) is 70.8 Å². The molecule has 0 unspecified atom stereocenters. The Kier molecular flexibility index (Phi) is 5.10. The van der Waals surface area contributed by atoms with E-state index in [-0.39, 0.29) is 0 Å². The van der Waals surface area contributed by atoms with E-state index in [4.69, 9.17) is 16.1 Å². The second kappa shape index (κ2) is 7.24. The third-order valence-corrected chi connectivity index (χ3v) is 4.57. The van der Waals surface area contributed by atoms with Crippen LogP contribution in [-0.2, 0) is 13.0 Å². The molecule has 3 heterocycles. The molecule has 2 aromatic heterocycles. The van der Waals surface area contributed by atoms with Crippen molar-refractivity contribution >= 4 is 11.6 Å². The number of hydrogen-bond acceptors (Lipinski definition) is 5. The smallest absolute Gasteiger partial charge is 0.213 e. The molecule has 1 fully saturated rings. The highest BCUT2D eigenvalue weighted by Crippen LogP contribution is 2.27. The van der Waals surface area contributed by atoms with Crippen LogP contribution in [0.5, 0.6) is 0 Å². The molecular weight excluding hydrogens is 302 g/mol. The van der Waals surface area contributed by atoms with E-state index in [9.17, 15) is 0 Å². The fourth-order valence-corrected chi connectivity index (χ4v) is 3.15. The van der Waals surface area contributed by atoms with E-state index >= 15 is 0 Å². The van der Waals surface area contributed by atoms with Crippen molar-refractivity contribution in [2.75, 3.05) is 13.1 Å². The summed E-state index contributed by atoms with van der Waals surface area (Å²) in [5.41, 5.74) is 1.03. The quantitative estimate of drug-likeness (QED) is 0.884. The summed E-state index contributed by atoms with van der Waals surface area (Å²) in [4.78, 5) is 14.4. The summed E-state index contributed by atoms with van der Waals surface area (Å²) in [6.45, 7) is 5.04. The fraction of sp³-hybridized carbons (Fsp3) is 0.667. The standard InChI is InChI=1S/C15H22ClN5O/c1-2-3-4-13-18-12(14(16)19-13)9-21-7-5-11(6-8-21)15-17-10-22-20-15/h10-11H,2-9H2,1H3,(H,18,19). The summed E-state index contributed by atoms with van der Waals surface area (Å²) in [6.07, 6.45) is 6.78. The molecule has 1 aliphatic heterocycles. The van der Waals surface area contributed by atoms with Gasteiger partial charge < -0.3 is 9.51 Å². The van der Waals surface area contributed by atoms with Crippen LogP contribution in [0.2, 0.25) is 5.15 Å². The average Bonchev–Trinajstić information content (AvgIpc) is 3.17. The molecule has 1 N–H and O–H groups in total. The Morgan fingerprint density at radius 2 is 2.23 bits per heavy atom. The number of aromatic amines is 1. The van der Waals surface area contributed by atoms with Crippen molar-refractivity contribution in [1.82, 2.24) is 25.0 Å². The molecule has 1 aliphatic rings. The van der Waals surface area contributed by atoms with Gasteiger partial charge >= 0.3 is 0 Å². The van der Waals surface area contributed by atoms with E-state index < -0.39 is 0 Å². The summed E-state index contributed by atoms with van der Waals surface area (Å²) in [5.74, 6) is 2.25. The lowest BCUT2D eigenvalue weighted by Gasteiger charge is -2.30. The number of likely N-dealkylation sites (tertiary alicyclic amines) is 1. The van der Waals surface area contributed by atoms with E-state index in [1.165, 1.54) is 6.39 Å². The third kappa shape index (κ3) is 3.67. The predicted octanol–water partition coefficient (Wildman–Crippen LogP) is 3.17. The Labute approximate surface area is 135 Å². The number of unbranched alkanes of at least 4 members (excludes halogenated alkanes) is 1. The van der Waals surface area contributed by atoms with Crippen LogP contribution in [0.15, 0.2) is 10.9 Å². The number of aryl methyl sites for hydroxylation is 1. The van der Waals surface area contributed by atoms with Crippen LogP contribution in [0.25, 0.3) is 0 Å². The van der Waals surface area contributed by atoms with Crippen LogP contribution in [0.4, 0.5) is 0 Å². The van der Waals surface area contributed by atoms with Gasteiger partial charge in [-0.1, -0.05) is 30.1 Å². The van der Waals surface area contributed by atoms with Gasteiger partial charge in [-0.25, -0.2) is 4.98 Å². The molecule has 0 atom stereocenters. The lowest BCUT2D eigenvalue weighted by molar-refractivity contribution is 0.198. The van der Waals surface area contributed by atoms with Crippen molar-refractivity contribution in [3.8, 4) is 0 Å². The second-order valence-corrected chi connectivity index (χ2v) is 6.25. The third-order valence-electron chi connectivity index (χ3n) is 4.26. The average molecular weight is 324 g/mol. The van der Waals surface area contributed by atoms with Gasteiger partial charge in [-0.05, 0) is 32.4 Å². The Morgan fingerprint density at radius 1 is 1.41 bits per heavy atom. The molecule has 0 aliphatic carbocycles. The highest BCUT2D eigenvalue weighted by atomic mass is 35.5. The van der Waals surface area contributed by atoms with E-state index in [1.807, 2.05) is 0 Å². The van der Waals surface area contributed by atoms with Gasteiger partial charge in [-0.15, -0.1) is 0 Å². The Hall–Kier alpha value is -1.40. The molecule has 0 amide bonds. The van der Waals surface area contributed by atoms with Crippen LogP contribution < -0.4 is 0 Å². The first-order valence-corrected chi connectivity index (χ1v) is 8.36. The largest absolute Gasteiger partial charge is 0.344 e. The summed E-state index contributed by atoms with van der Waals surface area (Å²) in [7, 11) is 0. The highest BCUT2D eigenvalue weighted by Gasteiger charge is 2.24. The van der Waals surface area contributed by atoms with Gasteiger partial charge in [-0.2, -0.15) is 4.98 Å². The van der Waals surface area contributed by atoms with Crippen molar-refractivity contribution in [2.24, 2.45) is 0 Å². The number of halogens is 1. The molecule has 7 heteroatoms. The highest BCUT2D eigenvalue weighted by molar-refractivity contribution is 6.30. The molecule has 120 valence electrons. The molecule has 0 radical (unpaired) electrons. The van der Waals surface area contributed by atoms with Crippen LogP contribution in [0, 0.1) is 0 Å². The van der Waals surface area contributed by atoms with E-state index in [0.29, 0.717) is 11.1 Å². The molecule has 0 aromatic carbocycles. The summed E-state index contributed by atoms with van der Waals surface area (Å²) >= 11 is 6.25. The Balaban J connectivity index is 1.53. The monoisotopic (exact) mass is 323 g/mol. The first-order chi connectivity index (χ1) is 10.8. The molecule has 0 saturated carbocycles. The molecule has 0 spiro atoms. The summed E-state index contributed by atoms with van der Waals surface area (Å²) < 4.78 is 4.84. The van der Waals surface area contributed by atoms with Crippen molar-refractivity contribution < 1.29 is 4.52 Å². The summed E-state index contributed by atoms with van der Waals surface area (Å²) in [5, 5.41) is 4.57. The lowest BCUT2D eigenvalue weighted by Crippen LogP contribution is -2.33. The first kappa shape index (κ1) is 15.5. The van der Waals surface area contributed by atoms with Gasteiger partial charge in [0.2, 0.25) is 6.39 Å². The van der Waals surface area contributed by atoms with Gasteiger partial charge in [0, 0.05) is 18.9 Å². The van der Waals surface area contributed by atoms with Crippen molar-refractivity contribution in [3.63, 3.8) is 0 Å². The van der Waals surface area contributed by atoms with Gasteiger partial charge in [-0.3, -0.25) is 4.90 Å². The van der Waals surface area contributed by atoms with Crippen molar-refractivity contribution in [1.29, 1.82) is 0 Å². The van der Waals surface area contributed by atoms with Crippen LogP contribution in [0.3, 0.4) is 0 Å². The molecule has 6 nitrogen and oxygen atoms in total. The number of nitrogens with zero attached hydrogens (tertiary/aromatic N) is 4. The Bertz CT molecular complexity index is 575. The van der Waals surface area contributed by atoms with E-state index in [1.54, 1.807) is 0 Å². The fourth-order valence-electron chi connectivity index (χ4n) is 2.94. The zero-order chi connectivity index (χ0) is 15.4. The van der Waals surface area contributed by atoms with Crippen molar-refractivity contribution in [2.45, 2.75) is 51.5 Å². The number of rotatable bonds is 6. The second-order valence-electron chi connectivity index (χ2n) is 5.90. The number of piperidine rings is 1. The molecular formula is C15H22ClN5O. The number of imidazole rings is 1. The first-order valence-electron chi connectivity index (χ1n) is 7.98. The lowest BCUT2D eigenvalue weighted by atomic mass is 9.96. The van der Waals surface area contributed by atoms with E-state index in [0.717, 1.165) is 69.1 Å². The van der Waals surface area contributed by atoms with Gasteiger partial charge in [0.25, 0.3) is 0 Å². The predicted molar refractivity (Wildman–Crippen MR) is 83.8 cm³/mol.